The topological polar surface area (TPSA) is 51.1 Å². The number of nitrogens with zero attached hydrogens (tertiary/aromatic N) is 1. The van der Waals surface area contributed by atoms with Crippen LogP contribution >= 0.6 is 23.1 Å². The maximum absolute atomic E-state index is 12.6. The Morgan fingerprint density at radius 3 is 2.72 bits per heavy atom. The fourth-order valence-electron chi connectivity index (χ4n) is 2.80. The third-order valence-electron chi connectivity index (χ3n) is 3.93. The van der Waals surface area contributed by atoms with Gasteiger partial charge in [0.05, 0.1) is 10.1 Å². The molecular weight excluding hydrogens is 356 g/mol. The molecule has 0 aliphatic carbocycles. The SMILES string of the molecule is O=C(Cn1sc2c(ccc3ccccc32)c1=O)Nc1cccc(Cl)c1. The summed E-state index contributed by atoms with van der Waals surface area (Å²) in [6, 6.07) is 18.6. The van der Waals surface area contributed by atoms with Gasteiger partial charge in [-0.05, 0) is 29.7 Å². The Bertz CT molecular complexity index is 1160. The molecule has 0 aliphatic rings. The zero-order chi connectivity index (χ0) is 17.4. The number of hydrogen-bond acceptors (Lipinski definition) is 3. The van der Waals surface area contributed by atoms with Gasteiger partial charge in [0, 0.05) is 16.1 Å². The van der Waals surface area contributed by atoms with Crippen molar-refractivity contribution in [1.82, 2.24) is 3.96 Å². The largest absolute Gasteiger partial charge is 0.324 e. The van der Waals surface area contributed by atoms with Gasteiger partial charge in [0.15, 0.2) is 0 Å². The number of aromatic nitrogens is 1. The fraction of sp³-hybridized carbons (Fsp3) is 0.0526. The lowest BCUT2D eigenvalue weighted by atomic mass is 10.1. The van der Waals surface area contributed by atoms with Gasteiger partial charge in [-0.15, -0.1) is 0 Å². The minimum absolute atomic E-state index is 0.0287. The van der Waals surface area contributed by atoms with E-state index in [1.807, 2.05) is 36.4 Å². The number of carbonyl (C=O) groups is 1. The van der Waals surface area contributed by atoms with Gasteiger partial charge in [-0.3, -0.25) is 13.5 Å². The highest BCUT2D eigenvalue weighted by Gasteiger charge is 2.13. The van der Waals surface area contributed by atoms with Crippen molar-refractivity contribution in [3.05, 3.63) is 76.0 Å². The van der Waals surface area contributed by atoms with Crippen LogP contribution in [0.3, 0.4) is 0 Å². The van der Waals surface area contributed by atoms with Crippen molar-refractivity contribution in [2.45, 2.75) is 6.54 Å². The molecule has 4 rings (SSSR count). The van der Waals surface area contributed by atoms with E-state index in [4.69, 9.17) is 11.6 Å². The number of hydrogen-bond donors (Lipinski definition) is 1. The molecule has 0 bridgehead atoms. The molecule has 124 valence electrons. The standard InChI is InChI=1S/C19H13ClN2O2S/c20-13-5-3-6-14(10-13)21-17(23)11-22-19(24)16-9-8-12-4-1-2-7-15(12)18(16)25-22/h1-10H,11H2,(H,21,23). The van der Waals surface area contributed by atoms with E-state index in [1.165, 1.54) is 15.5 Å². The number of rotatable bonds is 3. The van der Waals surface area contributed by atoms with Crippen LogP contribution in [0.15, 0.2) is 65.5 Å². The van der Waals surface area contributed by atoms with Crippen molar-refractivity contribution in [3.63, 3.8) is 0 Å². The van der Waals surface area contributed by atoms with Crippen LogP contribution in [0, 0.1) is 0 Å². The van der Waals surface area contributed by atoms with Crippen molar-refractivity contribution in [2.75, 3.05) is 5.32 Å². The highest BCUT2D eigenvalue weighted by molar-refractivity contribution is 7.15. The van der Waals surface area contributed by atoms with Crippen LogP contribution in [0.5, 0.6) is 0 Å². The van der Waals surface area contributed by atoms with E-state index in [0.717, 1.165) is 15.5 Å². The van der Waals surface area contributed by atoms with E-state index in [0.29, 0.717) is 16.1 Å². The van der Waals surface area contributed by atoms with Gasteiger partial charge in [0.2, 0.25) is 5.91 Å². The summed E-state index contributed by atoms with van der Waals surface area (Å²) in [5, 5.41) is 6.05. The molecule has 1 aromatic heterocycles. The first-order chi connectivity index (χ1) is 12.1. The second-order valence-electron chi connectivity index (χ2n) is 5.65. The molecule has 1 amide bonds. The van der Waals surface area contributed by atoms with E-state index < -0.39 is 0 Å². The van der Waals surface area contributed by atoms with Crippen molar-refractivity contribution in [2.24, 2.45) is 0 Å². The van der Waals surface area contributed by atoms with E-state index in [1.54, 1.807) is 24.3 Å². The molecule has 6 heteroatoms. The summed E-state index contributed by atoms with van der Waals surface area (Å²) in [5.74, 6) is -0.264. The number of amides is 1. The van der Waals surface area contributed by atoms with Crippen LogP contribution in [0.25, 0.3) is 20.9 Å². The quantitative estimate of drug-likeness (QED) is 0.578. The van der Waals surface area contributed by atoms with Crippen molar-refractivity contribution in [1.29, 1.82) is 0 Å². The molecule has 0 saturated carbocycles. The van der Waals surface area contributed by atoms with Gasteiger partial charge < -0.3 is 5.32 Å². The maximum atomic E-state index is 12.6. The van der Waals surface area contributed by atoms with Crippen LogP contribution in [0.4, 0.5) is 5.69 Å². The molecule has 0 aliphatic heterocycles. The number of carbonyl (C=O) groups excluding carboxylic acids is 1. The Morgan fingerprint density at radius 2 is 1.88 bits per heavy atom. The number of nitrogens with one attached hydrogen (secondary N) is 1. The highest BCUT2D eigenvalue weighted by atomic mass is 35.5. The molecule has 0 spiro atoms. The van der Waals surface area contributed by atoms with Crippen LogP contribution in [-0.2, 0) is 11.3 Å². The molecule has 0 unspecified atom stereocenters. The average Bonchev–Trinajstić information content (AvgIpc) is 2.91. The Hall–Kier alpha value is -2.63. The first kappa shape index (κ1) is 15.9. The Labute approximate surface area is 152 Å². The molecule has 4 aromatic rings. The first-order valence-corrected chi connectivity index (χ1v) is 8.84. The lowest BCUT2D eigenvalue weighted by Crippen LogP contribution is -2.23. The predicted molar refractivity (Wildman–Crippen MR) is 104 cm³/mol. The molecule has 1 heterocycles. The van der Waals surface area contributed by atoms with Gasteiger partial charge in [0.25, 0.3) is 5.56 Å². The van der Waals surface area contributed by atoms with Crippen LogP contribution in [0.1, 0.15) is 0 Å². The number of anilines is 1. The Kier molecular flexibility index (Phi) is 4.03. The van der Waals surface area contributed by atoms with Crippen molar-refractivity contribution < 1.29 is 4.79 Å². The third kappa shape index (κ3) is 3.04. The zero-order valence-corrected chi connectivity index (χ0v) is 14.6. The van der Waals surface area contributed by atoms with Gasteiger partial charge >= 0.3 is 0 Å². The second kappa shape index (κ2) is 6.35. The van der Waals surface area contributed by atoms with Crippen LogP contribution in [-0.4, -0.2) is 9.86 Å². The van der Waals surface area contributed by atoms with Gasteiger partial charge in [-0.2, -0.15) is 0 Å². The van der Waals surface area contributed by atoms with Crippen LogP contribution < -0.4 is 10.9 Å². The summed E-state index contributed by atoms with van der Waals surface area (Å²) in [6.45, 7) is -0.0287. The number of halogens is 1. The number of benzene rings is 3. The van der Waals surface area contributed by atoms with E-state index >= 15 is 0 Å². The summed E-state index contributed by atoms with van der Waals surface area (Å²) in [4.78, 5) is 24.9. The average molecular weight is 369 g/mol. The minimum Gasteiger partial charge on any atom is -0.324 e. The molecular formula is C19H13ClN2O2S. The second-order valence-corrected chi connectivity index (χ2v) is 7.12. The number of fused-ring (bicyclic) bond motifs is 3. The maximum Gasteiger partial charge on any atom is 0.269 e. The third-order valence-corrected chi connectivity index (χ3v) is 5.31. The van der Waals surface area contributed by atoms with E-state index in [-0.39, 0.29) is 18.0 Å². The van der Waals surface area contributed by atoms with E-state index in [9.17, 15) is 9.59 Å². The van der Waals surface area contributed by atoms with Gasteiger partial charge in [-0.25, -0.2) is 0 Å². The van der Waals surface area contributed by atoms with Crippen molar-refractivity contribution in [3.8, 4) is 0 Å². The normalized spacial score (nSPS) is 11.1. The molecule has 1 N–H and O–H groups in total. The molecule has 0 saturated heterocycles. The van der Waals surface area contributed by atoms with Crippen LogP contribution in [0.2, 0.25) is 5.02 Å². The molecule has 3 aromatic carbocycles. The summed E-state index contributed by atoms with van der Waals surface area (Å²) >= 11 is 7.23. The minimum atomic E-state index is -0.264. The molecule has 0 fully saturated rings. The molecule has 4 nitrogen and oxygen atoms in total. The zero-order valence-electron chi connectivity index (χ0n) is 13.0. The molecule has 0 atom stereocenters. The lowest BCUT2D eigenvalue weighted by Gasteiger charge is -2.05. The first-order valence-electron chi connectivity index (χ1n) is 7.69. The Balaban J connectivity index is 1.67. The van der Waals surface area contributed by atoms with Gasteiger partial charge in [-0.1, -0.05) is 59.5 Å². The molecule has 25 heavy (non-hydrogen) atoms. The summed E-state index contributed by atoms with van der Waals surface area (Å²) in [7, 11) is 0. The summed E-state index contributed by atoms with van der Waals surface area (Å²) in [6.07, 6.45) is 0. The molecule has 0 radical (unpaired) electrons. The fourth-order valence-corrected chi connectivity index (χ4v) is 4.11. The summed E-state index contributed by atoms with van der Waals surface area (Å²) < 4.78 is 2.38. The monoisotopic (exact) mass is 368 g/mol. The van der Waals surface area contributed by atoms with E-state index in [2.05, 4.69) is 5.32 Å². The predicted octanol–water partition coefficient (Wildman–Crippen LogP) is 4.51. The van der Waals surface area contributed by atoms with Gasteiger partial charge in [0.1, 0.15) is 6.54 Å². The van der Waals surface area contributed by atoms with Crippen molar-refractivity contribution >= 4 is 55.6 Å². The Morgan fingerprint density at radius 1 is 1.04 bits per heavy atom. The summed E-state index contributed by atoms with van der Waals surface area (Å²) in [5.41, 5.74) is 0.462. The lowest BCUT2D eigenvalue weighted by molar-refractivity contribution is -0.116. The smallest absolute Gasteiger partial charge is 0.269 e. The highest BCUT2D eigenvalue weighted by Crippen LogP contribution is 2.27.